The first-order valence-corrected chi connectivity index (χ1v) is 13.2. The number of ether oxygens (including phenoxy) is 1. The minimum atomic E-state index is -3.21. The van der Waals surface area contributed by atoms with Crippen molar-refractivity contribution in [2.24, 2.45) is 5.92 Å². The van der Waals surface area contributed by atoms with Gasteiger partial charge < -0.3 is 4.74 Å². The van der Waals surface area contributed by atoms with Crippen LogP contribution in [-0.2, 0) is 19.0 Å². The summed E-state index contributed by atoms with van der Waals surface area (Å²) in [5.41, 5.74) is 0. The molecule has 2 saturated heterocycles. The third-order valence-electron chi connectivity index (χ3n) is 5.16. The molecule has 0 bridgehead atoms. The van der Waals surface area contributed by atoms with Gasteiger partial charge in [-0.1, -0.05) is 33.6 Å². The number of hydrogen-bond donors (Lipinski definition) is 0. The maximum atomic E-state index is 10.4. The SMILES string of the molecule is CCCCCN(CC(C)C)C(N(CC)CC)=[N+]1CCOCC1.O=S1(=O)[CH+]CCCO1. The number of nitrogens with zero attached hydrogens (tertiary/aromatic N) is 3. The van der Waals surface area contributed by atoms with Crippen LogP contribution in [-0.4, -0.2) is 87.8 Å². The van der Waals surface area contributed by atoms with Crippen molar-refractivity contribution < 1.29 is 21.9 Å². The molecule has 0 radical (unpaired) electrons. The first kappa shape index (κ1) is 27.0. The Morgan fingerprint density at radius 2 is 1.70 bits per heavy atom. The number of unbranched alkanes of at least 4 members (excludes halogenated alkanes) is 2. The minimum absolute atomic E-state index is 0.346. The molecule has 0 aliphatic carbocycles. The summed E-state index contributed by atoms with van der Waals surface area (Å²) < 4.78 is 33.2. The average Bonchev–Trinajstić information content (AvgIpc) is 2.72. The number of guanidine groups is 1. The van der Waals surface area contributed by atoms with Gasteiger partial charge in [-0.05, 0) is 26.2 Å². The highest BCUT2D eigenvalue weighted by Gasteiger charge is 2.29. The number of morpholine rings is 1. The van der Waals surface area contributed by atoms with Crippen LogP contribution in [0.5, 0.6) is 0 Å². The molecule has 30 heavy (non-hydrogen) atoms. The maximum Gasteiger partial charge on any atom is 0.424 e. The molecule has 2 rings (SSSR count). The summed E-state index contributed by atoms with van der Waals surface area (Å²) in [6.45, 7) is 20.0. The van der Waals surface area contributed by atoms with E-state index < -0.39 is 10.1 Å². The molecule has 0 spiro atoms. The lowest BCUT2D eigenvalue weighted by molar-refractivity contribution is -0.558. The Kier molecular flexibility index (Phi) is 13.4. The molecule has 0 aromatic rings. The van der Waals surface area contributed by atoms with Crippen LogP contribution in [0.3, 0.4) is 0 Å². The van der Waals surface area contributed by atoms with E-state index in [1.807, 2.05) is 0 Å². The van der Waals surface area contributed by atoms with Gasteiger partial charge in [-0.25, -0.2) is 4.18 Å². The monoisotopic (exact) mass is 447 g/mol. The molecule has 2 heterocycles. The lowest BCUT2D eigenvalue weighted by Gasteiger charge is -2.32. The smallest absolute Gasteiger partial charge is 0.375 e. The van der Waals surface area contributed by atoms with E-state index in [9.17, 15) is 8.42 Å². The molecular weight excluding hydrogens is 402 g/mol. The van der Waals surface area contributed by atoms with E-state index in [1.165, 1.54) is 37.5 Å². The largest absolute Gasteiger partial charge is 0.424 e. The molecule has 2 aliphatic rings. The fourth-order valence-corrected chi connectivity index (χ4v) is 4.57. The summed E-state index contributed by atoms with van der Waals surface area (Å²) in [5, 5.41) is 0. The van der Waals surface area contributed by atoms with E-state index >= 15 is 0 Å². The molecule has 2 aliphatic heterocycles. The van der Waals surface area contributed by atoms with Crippen molar-refractivity contribution in [2.75, 3.05) is 59.1 Å². The fraction of sp³-hybridized carbons (Fsp3) is 0.909. The fourth-order valence-electron chi connectivity index (χ4n) is 3.67. The van der Waals surface area contributed by atoms with Crippen LogP contribution < -0.4 is 0 Å². The summed E-state index contributed by atoms with van der Waals surface area (Å²) in [4.78, 5) is 5.16. The third kappa shape index (κ3) is 10.4. The van der Waals surface area contributed by atoms with Gasteiger partial charge >= 0.3 is 16.1 Å². The Labute approximate surface area is 185 Å². The summed E-state index contributed by atoms with van der Waals surface area (Å²) in [7, 11) is -3.21. The molecule has 8 heteroatoms. The topological polar surface area (TPSA) is 62.1 Å². The third-order valence-corrected chi connectivity index (χ3v) is 6.30. The summed E-state index contributed by atoms with van der Waals surface area (Å²) in [5.74, 6) is 3.34. The average molecular weight is 448 g/mol. The van der Waals surface area contributed by atoms with Crippen molar-refractivity contribution in [2.45, 2.75) is 66.7 Å². The molecule has 0 amide bonds. The van der Waals surface area contributed by atoms with Gasteiger partial charge in [-0.3, -0.25) is 14.4 Å². The molecule has 0 saturated carbocycles. The van der Waals surface area contributed by atoms with E-state index in [0.29, 0.717) is 18.9 Å². The van der Waals surface area contributed by atoms with Gasteiger partial charge in [0.15, 0.2) is 0 Å². The Hall–Kier alpha value is -0.990. The quantitative estimate of drug-likeness (QED) is 0.187. The van der Waals surface area contributed by atoms with Gasteiger partial charge in [0.1, 0.15) is 6.42 Å². The molecule has 2 fully saturated rings. The normalized spacial score (nSPS) is 18.3. The van der Waals surface area contributed by atoms with Crippen molar-refractivity contribution in [1.82, 2.24) is 9.80 Å². The van der Waals surface area contributed by atoms with Crippen molar-refractivity contribution in [3.63, 3.8) is 0 Å². The van der Waals surface area contributed by atoms with E-state index in [-0.39, 0.29) is 0 Å². The molecule has 0 aromatic carbocycles. The van der Waals surface area contributed by atoms with Crippen LogP contribution in [0.4, 0.5) is 0 Å². The van der Waals surface area contributed by atoms with Gasteiger partial charge in [-0.2, -0.15) is 8.42 Å². The second kappa shape index (κ2) is 14.9. The van der Waals surface area contributed by atoms with E-state index in [4.69, 9.17) is 4.74 Å². The van der Waals surface area contributed by atoms with Crippen molar-refractivity contribution >= 4 is 16.1 Å². The zero-order chi connectivity index (χ0) is 22.4. The van der Waals surface area contributed by atoms with Gasteiger partial charge in [0.2, 0.25) is 5.75 Å². The van der Waals surface area contributed by atoms with Gasteiger partial charge in [0.05, 0.1) is 59.1 Å². The van der Waals surface area contributed by atoms with Crippen molar-refractivity contribution in [3.05, 3.63) is 5.75 Å². The van der Waals surface area contributed by atoms with E-state index in [2.05, 4.69) is 53.2 Å². The van der Waals surface area contributed by atoms with Crippen LogP contribution in [0.15, 0.2) is 0 Å². The summed E-state index contributed by atoms with van der Waals surface area (Å²) >= 11 is 0. The number of rotatable bonds is 8. The second-order valence-electron chi connectivity index (χ2n) is 8.24. The Bertz CT molecular complexity index is 569. The Balaban J connectivity index is 0.000000467. The first-order chi connectivity index (χ1) is 14.3. The highest BCUT2D eigenvalue weighted by atomic mass is 32.2. The van der Waals surface area contributed by atoms with Crippen LogP contribution in [0.1, 0.15) is 66.7 Å². The zero-order valence-corrected chi connectivity index (χ0v) is 20.8. The second-order valence-corrected chi connectivity index (χ2v) is 9.80. The molecule has 0 N–H and O–H groups in total. The number of hydrogen-bond acceptors (Lipinski definition) is 4. The van der Waals surface area contributed by atoms with Crippen LogP contribution >= 0.6 is 0 Å². The van der Waals surface area contributed by atoms with Crippen LogP contribution in [0, 0.1) is 11.7 Å². The zero-order valence-electron chi connectivity index (χ0n) is 19.9. The predicted octanol–water partition coefficient (Wildman–Crippen LogP) is 3.16. The molecule has 0 unspecified atom stereocenters. The molecule has 0 atom stereocenters. The van der Waals surface area contributed by atoms with Gasteiger partial charge in [-0.15, -0.1) is 0 Å². The molecule has 7 nitrogen and oxygen atoms in total. The summed E-state index contributed by atoms with van der Waals surface area (Å²) in [6.07, 6.45) is 5.34. The van der Waals surface area contributed by atoms with E-state index in [1.54, 1.807) is 0 Å². The molecule has 176 valence electrons. The standard InChI is InChI=1S/C18H38N3O.C4H7O3S/c1-6-9-10-11-21(16-17(4)5)18(19(7-2)8-3)20-12-14-22-15-13-20;5-8(6)4-2-1-3-7-8/h17H,6-16H2,1-5H3;4H,1-3H2/q2*+1. The van der Waals surface area contributed by atoms with Crippen LogP contribution in [0.2, 0.25) is 0 Å². The van der Waals surface area contributed by atoms with Gasteiger partial charge in [0, 0.05) is 6.42 Å². The highest BCUT2D eigenvalue weighted by molar-refractivity contribution is 7.88. The van der Waals surface area contributed by atoms with Crippen molar-refractivity contribution in [1.29, 1.82) is 0 Å². The lowest BCUT2D eigenvalue weighted by Crippen LogP contribution is -2.53. The Morgan fingerprint density at radius 3 is 2.13 bits per heavy atom. The predicted molar refractivity (Wildman–Crippen MR) is 123 cm³/mol. The minimum Gasteiger partial charge on any atom is -0.375 e. The summed E-state index contributed by atoms with van der Waals surface area (Å²) in [6, 6.07) is 0. The molecular formula is C22H45N3O4S+2. The lowest BCUT2D eigenvalue weighted by atomic mass is 10.2. The van der Waals surface area contributed by atoms with Crippen LogP contribution in [0.25, 0.3) is 0 Å². The Morgan fingerprint density at radius 1 is 1.03 bits per heavy atom. The first-order valence-electron chi connectivity index (χ1n) is 11.8. The van der Waals surface area contributed by atoms with Crippen molar-refractivity contribution in [3.8, 4) is 0 Å². The van der Waals surface area contributed by atoms with E-state index in [0.717, 1.165) is 52.4 Å². The van der Waals surface area contributed by atoms with Gasteiger partial charge in [0.25, 0.3) is 0 Å². The highest BCUT2D eigenvalue weighted by Crippen LogP contribution is 2.11. The maximum absolute atomic E-state index is 10.4. The molecule has 0 aromatic heterocycles.